The van der Waals surface area contributed by atoms with E-state index < -0.39 is 0 Å². The first-order chi connectivity index (χ1) is 13.8. The summed E-state index contributed by atoms with van der Waals surface area (Å²) < 4.78 is 2.22. The highest BCUT2D eigenvalue weighted by atomic mass is 16.6. The lowest BCUT2D eigenvalue weighted by atomic mass is 9.87. The van der Waals surface area contributed by atoms with E-state index in [0.717, 1.165) is 28.2 Å². The summed E-state index contributed by atoms with van der Waals surface area (Å²) in [6.45, 7) is 11.1. The van der Waals surface area contributed by atoms with Crippen LogP contribution in [0.15, 0.2) is 59.8 Å². The molecule has 0 unspecified atom stereocenters. The Bertz CT molecular complexity index is 1060. The molecule has 0 aliphatic rings. The average Bonchev–Trinajstić information content (AvgIpc) is 2.98. The molecule has 0 radical (unpaired) electrons. The van der Waals surface area contributed by atoms with Crippen molar-refractivity contribution in [3.05, 3.63) is 88.2 Å². The van der Waals surface area contributed by atoms with Crippen LogP contribution in [0.1, 0.15) is 54.4 Å². The van der Waals surface area contributed by atoms with E-state index in [-0.39, 0.29) is 12.0 Å². The molecule has 1 aromatic heterocycles. The highest BCUT2D eigenvalue weighted by molar-refractivity contribution is 5.81. The van der Waals surface area contributed by atoms with Crippen molar-refractivity contribution in [1.82, 2.24) is 4.57 Å². The average molecular weight is 386 g/mol. The van der Waals surface area contributed by atoms with Crippen LogP contribution in [-0.2, 0) is 16.9 Å². The molecule has 4 heteroatoms. The summed E-state index contributed by atoms with van der Waals surface area (Å²) in [6, 6.07) is 20.4. The third kappa shape index (κ3) is 4.57. The molecule has 0 aliphatic heterocycles. The van der Waals surface area contributed by atoms with Gasteiger partial charge < -0.3 is 9.40 Å². The van der Waals surface area contributed by atoms with Crippen molar-refractivity contribution >= 4 is 6.21 Å². The number of aryl methyl sites for hydroxylation is 1. The number of oxime groups is 1. The van der Waals surface area contributed by atoms with Gasteiger partial charge >= 0.3 is 0 Å². The number of aromatic nitrogens is 1. The molecule has 0 aliphatic carbocycles. The predicted octanol–water partition coefficient (Wildman–Crippen LogP) is 5.81. The second-order valence-electron chi connectivity index (χ2n) is 8.24. The lowest BCUT2D eigenvalue weighted by molar-refractivity contribution is 0.132. The van der Waals surface area contributed by atoms with Gasteiger partial charge in [-0.3, -0.25) is 0 Å². The van der Waals surface area contributed by atoms with Gasteiger partial charge in [-0.1, -0.05) is 56.3 Å². The van der Waals surface area contributed by atoms with Gasteiger partial charge in [0.25, 0.3) is 0 Å². The highest BCUT2D eigenvalue weighted by Crippen LogP contribution is 2.25. The van der Waals surface area contributed by atoms with Crippen LogP contribution in [0.25, 0.3) is 5.69 Å². The fraction of sp³-hybridized carbons (Fsp3) is 0.280. The molecule has 3 rings (SSSR count). The van der Waals surface area contributed by atoms with E-state index in [1.807, 2.05) is 18.2 Å². The number of nitrogens with zero attached hydrogens (tertiary/aromatic N) is 3. The number of benzene rings is 2. The van der Waals surface area contributed by atoms with Crippen molar-refractivity contribution in [2.75, 3.05) is 0 Å². The Morgan fingerprint density at radius 1 is 1.07 bits per heavy atom. The molecule has 148 valence electrons. The zero-order chi connectivity index (χ0) is 21.0. The second-order valence-corrected chi connectivity index (χ2v) is 8.24. The van der Waals surface area contributed by atoms with E-state index in [1.165, 1.54) is 5.56 Å². The molecule has 0 bridgehead atoms. The van der Waals surface area contributed by atoms with Crippen LogP contribution in [-0.4, -0.2) is 10.8 Å². The molecule has 0 N–H and O–H groups in total. The van der Waals surface area contributed by atoms with E-state index in [9.17, 15) is 0 Å². The number of nitriles is 1. The van der Waals surface area contributed by atoms with Crippen molar-refractivity contribution < 1.29 is 4.84 Å². The molecule has 3 aromatic rings. The van der Waals surface area contributed by atoms with Crippen LogP contribution in [0.4, 0.5) is 0 Å². The Kier molecular flexibility index (Phi) is 5.89. The Morgan fingerprint density at radius 2 is 1.76 bits per heavy atom. The number of hydrogen-bond acceptors (Lipinski definition) is 3. The first kappa shape index (κ1) is 20.4. The maximum absolute atomic E-state index is 9.15. The zero-order valence-corrected chi connectivity index (χ0v) is 17.7. The van der Waals surface area contributed by atoms with Crippen molar-refractivity contribution in [2.24, 2.45) is 5.16 Å². The fourth-order valence-corrected chi connectivity index (χ4v) is 3.38. The first-order valence-corrected chi connectivity index (χ1v) is 9.74. The molecule has 2 aromatic carbocycles. The van der Waals surface area contributed by atoms with Gasteiger partial charge in [0.15, 0.2) is 0 Å². The summed E-state index contributed by atoms with van der Waals surface area (Å²) in [6.07, 6.45) is 1.73. The van der Waals surface area contributed by atoms with Crippen LogP contribution in [0.3, 0.4) is 0 Å². The Morgan fingerprint density at radius 3 is 2.41 bits per heavy atom. The Balaban J connectivity index is 1.76. The SMILES string of the molecule is Cc1cc(/C=N\OCc2ccccc2C#N)c(C)n1-c1ccc(C(C)(C)C)cc1. The smallest absolute Gasteiger partial charge is 0.143 e. The molecule has 0 spiro atoms. The predicted molar refractivity (Wildman–Crippen MR) is 117 cm³/mol. The zero-order valence-electron chi connectivity index (χ0n) is 17.7. The maximum atomic E-state index is 9.15. The van der Waals surface area contributed by atoms with Crippen LogP contribution >= 0.6 is 0 Å². The summed E-state index contributed by atoms with van der Waals surface area (Å²) in [5.74, 6) is 0. The molecule has 0 fully saturated rings. The molecule has 0 amide bonds. The monoisotopic (exact) mass is 385 g/mol. The lowest BCUT2D eigenvalue weighted by Crippen LogP contribution is -2.11. The van der Waals surface area contributed by atoms with Gasteiger partial charge in [0.2, 0.25) is 0 Å². The first-order valence-electron chi connectivity index (χ1n) is 9.74. The lowest BCUT2D eigenvalue weighted by Gasteiger charge is -2.20. The third-order valence-corrected chi connectivity index (χ3v) is 5.09. The van der Waals surface area contributed by atoms with E-state index >= 15 is 0 Å². The third-order valence-electron chi connectivity index (χ3n) is 5.09. The van der Waals surface area contributed by atoms with Gasteiger partial charge in [0, 0.05) is 28.2 Å². The molecule has 4 nitrogen and oxygen atoms in total. The Hall–Kier alpha value is -3.32. The minimum Gasteiger partial charge on any atom is -0.391 e. The van der Waals surface area contributed by atoms with Crippen LogP contribution in [0.5, 0.6) is 0 Å². The molecule has 1 heterocycles. The highest BCUT2D eigenvalue weighted by Gasteiger charge is 2.14. The van der Waals surface area contributed by atoms with E-state index in [0.29, 0.717) is 5.56 Å². The van der Waals surface area contributed by atoms with Gasteiger partial charge in [-0.25, -0.2) is 0 Å². The van der Waals surface area contributed by atoms with Gasteiger partial charge in [-0.05, 0) is 49.1 Å². The van der Waals surface area contributed by atoms with E-state index in [2.05, 4.69) is 80.7 Å². The molecule has 0 saturated heterocycles. The molecular formula is C25H27N3O. The molecule has 0 atom stereocenters. The topological polar surface area (TPSA) is 50.3 Å². The van der Waals surface area contributed by atoms with Gasteiger partial charge in [0.1, 0.15) is 6.61 Å². The fourth-order valence-electron chi connectivity index (χ4n) is 3.38. The van der Waals surface area contributed by atoms with E-state index in [4.69, 9.17) is 10.1 Å². The molecule has 29 heavy (non-hydrogen) atoms. The minimum absolute atomic E-state index is 0.138. The van der Waals surface area contributed by atoms with Crippen molar-refractivity contribution in [2.45, 2.75) is 46.6 Å². The van der Waals surface area contributed by atoms with Crippen molar-refractivity contribution in [1.29, 1.82) is 5.26 Å². The van der Waals surface area contributed by atoms with Gasteiger partial charge in [0.05, 0.1) is 17.8 Å². The van der Waals surface area contributed by atoms with Crippen LogP contribution in [0, 0.1) is 25.2 Å². The van der Waals surface area contributed by atoms with Crippen molar-refractivity contribution in [3.63, 3.8) is 0 Å². The van der Waals surface area contributed by atoms with Gasteiger partial charge in [-0.15, -0.1) is 0 Å². The molecule has 0 saturated carbocycles. The minimum atomic E-state index is 0.138. The molecular weight excluding hydrogens is 358 g/mol. The summed E-state index contributed by atoms with van der Waals surface area (Å²) in [4.78, 5) is 5.44. The summed E-state index contributed by atoms with van der Waals surface area (Å²) in [5, 5.41) is 13.3. The van der Waals surface area contributed by atoms with Crippen molar-refractivity contribution in [3.8, 4) is 11.8 Å². The van der Waals surface area contributed by atoms with Crippen LogP contribution in [0.2, 0.25) is 0 Å². The second kappa shape index (κ2) is 8.36. The van der Waals surface area contributed by atoms with Crippen LogP contribution < -0.4 is 0 Å². The largest absolute Gasteiger partial charge is 0.391 e. The summed E-state index contributed by atoms with van der Waals surface area (Å²) in [5.41, 5.74) is 7.29. The van der Waals surface area contributed by atoms with E-state index in [1.54, 1.807) is 12.3 Å². The normalized spacial score (nSPS) is 11.6. The quantitative estimate of drug-likeness (QED) is 0.411. The summed E-state index contributed by atoms with van der Waals surface area (Å²) in [7, 11) is 0. The number of hydrogen-bond donors (Lipinski definition) is 0. The Labute approximate surface area is 173 Å². The maximum Gasteiger partial charge on any atom is 0.143 e. The number of rotatable bonds is 5. The summed E-state index contributed by atoms with van der Waals surface area (Å²) >= 11 is 0. The standard InChI is InChI=1S/C25H27N3O/c1-18-14-22(16-27-29-17-21-9-7-6-8-20(21)15-26)19(2)28(18)24-12-10-23(11-13-24)25(3,4)5/h6-14,16H,17H2,1-5H3/b27-16-. The van der Waals surface area contributed by atoms with Gasteiger partial charge in [-0.2, -0.15) is 5.26 Å².